The molecule has 0 aromatic heterocycles. The summed E-state index contributed by atoms with van der Waals surface area (Å²) in [6, 6.07) is 0. The van der Waals surface area contributed by atoms with Crippen molar-refractivity contribution in [1.82, 2.24) is 0 Å². The Hall–Kier alpha value is 0.807. The van der Waals surface area contributed by atoms with E-state index in [1.54, 1.807) is 20.4 Å². The molecule has 37 valence electrons. The molecule has 0 aliphatic carbocycles. The van der Waals surface area contributed by atoms with E-state index >= 15 is 0 Å². The van der Waals surface area contributed by atoms with Crippen molar-refractivity contribution in [1.29, 1.82) is 0 Å². The van der Waals surface area contributed by atoms with Gasteiger partial charge in [-0.3, -0.25) is 0 Å². The molecule has 0 aliphatic rings. The molecule has 0 spiro atoms. The van der Waals surface area contributed by atoms with Gasteiger partial charge in [0.15, 0.2) is 0 Å². The van der Waals surface area contributed by atoms with Crippen LogP contribution >= 0.6 is 0 Å². The second kappa shape index (κ2) is 4.95. The van der Waals surface area contributed by atoms with Crippen LogP contribution in [-0.4, -0.2) is 31.6 Å². The van der Waals surface area contributed by atoms with Gasteiger partial charge in [-0.15, -0.1) is 0 Å². The van der Waals surface area contributed by atoms with Crippen molar-refractivity contribution in [2.45, 2.75) is 4.41 Å². The SMILES string of the molecule is [O]=[Al][O][CH]([Ti])CO. The zero-order chi connectivity index (χ0) is 5.70. The van der Waals surface area contributed by atoms with E-state index in [1.807, 2.05) is 0 Å². The summed E-state index contributed by atoms with van der Waals surface area (Å²) in [7, 11) is 0. The number of hydrogen-bond donors (Lipinski definition) is 1. The molecular formula is C2H4AlO3Ti. The third kappa shape index (κ3) is 4.66. The predicted molar refractivity (Wildman–Crippen MR) is 18.4 cm³/mol. The predicted octanol–water partition coefficient (Wildman–Crippen LogP) is -1.17. The summed E-state index contributed by atoms with van der Waals surface area (Å²) in [5.74, 6) is 0. The van der Waals surface area contributed by atoms with Gasteiger partial charge in [-0.25, -0.2) is 0 Å². The molecule has 0 rings (SSSR count). The zero-order valence-corrected chi connectivity index (χ0v) is 6.34. The standard InChI is InChI=1S/C2H4O2.Al.O.Ti/c3-1-2-4;;;/h1,4H,2H2;;;/q-1;+1;;. The minimum atomic E-state index is -1.16. The minimum absolute atomic E-state index is 0.0603. The van der Waals surface area contributed by atoms with E-state index in [2.05, 4.69) is 3.79 Å². The molecule has 5 heteroatoms. The fraction of sp³-hybridized carbons (Fsp3) is 1.00. The third-order valence-corrected chi connectivity index (χ3v) is 1.75. The van der Waals surface area contributed by atoms with E-state index in [0.29, 0.717) is 0 Å². The molecule has 0 amide bonds. The van der Waals surface area contributed by atoms with Gasteiger partial charge in [-0.05, 0) is 0 Å². The van der Waals surface area contributed by atoms with Crippen LogP contribution in [0.25, 0.3) is 0 Å². The quantitative estimate of drug-likeness (QED) is 0.517. The summed E-state index contributed by atoms with van der Waals surface area (Å²) in [4.78, 5) is 0. The molecule has 0 aliphatic heterocycles. The van der Waals surface area contributed by atoms with Gasteiger partial charge >= 0.3 is 59.6 Å². The molecule has 1 atom stereocenters. The maximum absolute atomic E-state index is 9.65. The first-order chi connectivity index (χ1) is 3.31. The maximum atomic E-state index is 9.65. The van der Waals surface area contributed by atoms with Gasteiger partial charge in [0.1, 0.15) is 0 Å². The Bertz CT molecular complexity index is 58.9. The average molecular weight is 151 g/mol. The third-order valence-electron chi connectivity index (χ3n) is 0.386. The summed E-state index contributed by atoms with van der Waals surface area (Å²) in [6.45, 7) is -0.0603. The van der Waals surface area contributed by atoms with Gasteiger partial charge in [0.05, 0.1) is 0 Å². The van der Waals surface area contributed by atoms with Gasteiger partial charge in [0, 0.05) is 0 Å². The molecule has 0 fully saturated rings. The molecule has 1 N–H and O–H groups in total. The number of hydrogen-bond acceptors (Lipinski definition) is 3. The first-order valence-electron chi connectivity index (χ1n) is 1.72. The van der Waals surface area contributed by atoms with E-state index in [0.717, 1.165) is 0 Å². The second-order valence-electron chi connectivity index (χ2n) is 0.904. The van der Waals surface area contributed by atoms with Crippen molar-refractivity contribution < 1.29 is 33.1 Å². The molecule has 1 unspecified atom stereocenters. The Morgan fingerprint density at radius 3 is 2.71 bits per heavy atom. The van der Waals surface area contributed by atoms with E-state index in [9.17, 15) is 3.80 Å². The van der Waals surface area contributed by atoms with Crippen molar-refractivity contribution in [3.05, 3.63) is 0 Å². The molecule has 0 radical (unpaired) electrons. The van der Waals surface area contributed by atoms with Crippen molar-refractivity contribution in [2.24, 2.45) is 0 Å². The molecule has 0 saturated heterocycles. The average Bonchev–Trinajstić information content (AvgIpc) is 1.68. The van der Waals surface area contributed by atoms with Crippen LogP contribution < -0.4 is 0 Å². The molecule has 0 heterocycles. The van der Waals surface area contributed by atoms with Gasteiger partial charge in [-0.1, -0.05) is 0 Å². The summed E-state index contributed by atoms with van der Waals surface area (Å²) >= 11 is 0.498. The topological polar surface area (TPSA) is 46.5 Å². The van der Waals surface area contributed by atoms with Crippen LogP contribution in [-0.2, 0) is 28.0 Å². The summed E-state index contributed by atoms with van der Waals surface area (Å²) in [6.07, 6.45) is 0. The van der Waals surface area contributed by atoms with Crippen molar-refractivity contribution in [2.75, 3.05) is 6.61 Å². The Morgan fingerprint density at radius 1 is 2.00 bits per heavy atom. The number of rotatable bonds is 3. The molecule has 7 heavy (non-hydrogen) atoms. The van der Waals surface area contributed by atoms with Crippen LogP contribution in [0.1, 0.15) is 0 Å². The zero-order valence-electron chi connectivity index (χ0n) is 3.63. The Labute approximate surface area is 59.7 Å². The van der Waals surface area contributed by atoms with E-state index in [-0.39, 0.29) is 11.0 Å². The van der Waals surface area contributed by atoms with E-state index in [1.165, 1.54) is 0 Å². The van der Waals surface area contributed by atoms with Crippen molar-refractivity contribution in [3.63, 3.8) is 0 Å². The first-order valence-corrected chi connectivity index (χ1v) is 3.56. The number of aliphatic hydroxyl groups excluding tert-OH is 1. The van der Waals surface area contributed by atoms with Crippen LogP contribution in [0.5, 0.6) is 0 Å². The second-order valence-corrected chi connectivity index (χ2v) is 2.37. The fourth-order valence-electron chi connectivity index (χ4n) is 0.110. The molecule has 0 saturated carbocycles. The van der Waals surface area contributed by atoms with Gasteiger partial charge in [-0.2, -0.15) is 0 Å². The summed E-state index contributed by atoms with van der Waals surface area (Å²) in [5.41, 5.74) is 0. The molecular weight excluding hydrogens is 147 g/mol. The van der Waals surface area contributed by atoms with Gasteiger partial charge in [0.25, 0.3) is 0 Å². The Kier molecular flexibility index (Phi) is 5.52. The molecule has 0 aromatic carbocycles. The Morgan fingerprint density at radius 2 is 2.57 bits per heavy atom. The molecule has 0 aromatic rings. The summed E-state index contributed by atoms with van der Waals surface area (Å²) < 4.78 is 13.8. The van der Waals surface area contributed by atoms with E-state index < -0.39 is 15.5 Å². The Balaban J connectivity index is 2.98. The van der Waals surface area contributed by atoms with Crippen LogP contribution in [0.4, 0.5) is 0 Å². The van der Waals surface area contributed by atoms with Crippen LogP contribution in [0.15, 0.2) is 0 Å². The summed E-state index contributed by atoms with van der Waals surface area (Å²) in [5, 5.41) is 8.22. The fourth-order valence-corrected chi connectivity index (χ4v) is 0.591. The van der Waals surface area contributed by atoms with Crippen molar-refractivity contribution >= 4 is 15.5 Å². The first kappa shape index (κ1) is 7.81. The van der Waals surface area contributed by atoms with E-state index in [4.69, 9.17) is 5.11 Å². The molecule has 0 bridgehead atoms. The normalized spacial score (nSPS) is 12.0. The van der Waals surface area contributed by atoms with Crippen LogP contribution in [0.2, 0.25) is 0 Å². The number of aliphatic hydroxyl groups is 1. The van der Waals surface area contributed by atoms with Gasteiger partial charge < -0.3 is 0 Å². The van der Waals surface area contributed by atoms with Crippen LogP contribution in [0, 0.1) is 0 Å². The van der Waals surface area contributed by atoms with Crippen molar-refractivity contribution in [3.8, 4) is 0 Å². The molecule has 3 nitrogen and oxygen atoms in total. The van der Waals surface area contributed by atoms with Crippen LogP contribution in [0.3, 0.4) is 0 Å². The monoisotopic (exact) mass is 151 g/mol. The van der Waals surface area contributed by atoms with Gasteiger partial charge in [0.2, 0.25) is 0 Å².